The van der Waals surface area contributed by atoms with Crippen LogP contribution in [0.5, 0.6) is 0 Å². The molecule has 0 fully saturated rings. The minimum atomic E-state index is -0.967. The molecule has 0 saturated heterocycles. The van der Waals surface area contributed by atoms with Crippen molar-refractivity contribution in [3.63, 3.8) is 0 Å². The largest absolute Gasteiger partial charge is 0.480 e. The highest BCUT2D eigenvalue weighted by Gasteiger charge is 2.27. The Bertz CT molecular complexity index is 430. The summed E-state index contributed by atoms with van der Waals surface area (Å²) in [7, 11) is 0. The number of nitrogens with one attached hydrogen (secondary N) is 1. The maximum absolute atomic E-state index is 12.7. The van der Waals surface area contributed by atoms with Crippen LogP contribution in [0, 0.1) is 5.92 Å². The first-order chi connectivity index (χ1) is 10.4. The van der Waals surface area contributed by atoms with Gasteiger partial charge in [0.1, 0.15) is 6.54 Å². The Kier molecular flexibility index (Phi) is 7.88. The Morgan fingerprint density at radius 3 is 2.59 bits per heavy atom. The summed E-state index contributed by atoms with van der Waals surface area (Å²) in [5, 5.41) is 12.4. The van der Waals surface area contributed by atoms with E-state index in [1.54, 1.807) is 0 Å². The van der Waals surface area contributed by atoms with Crippen molar-refractivity contribution in [1.82, 2.24) is 10.2 Å². The zero-order valence-corrected chi connectivity index (χ0v) is 13.8. The van der Waals surface area contributed by atoms with Gasteiger partial charge in [0.05, 0.1) is 6.04 Å². The number of carbonyl (C=O) groups is 2. The summed E-state index contributed by atoms with van der Waals surface area (Å²) in [6, 6.07) is -0.210. The van der Waals surface area contributed by atoms with Crippen LogP contribution in [0.15, 0.2) is 24.3 Å². The molecule has 0 aromatic rings. The second kappa shape index (κ2) is 9.41. The van der Waals surface area contributed by atoms with Crippen LogP contribution in [0.1, 0.15) is 40.0 Å². The summed E-state index contributed by atoms with van der Waals surface area (Å²) >= 11 is 0. The minimum absolute atomic E-state index is 0.110. The molecular formula is C17H28N2O3. The first-order valence-electron chi connectivity index (χ1n) is 8.04. The maximum Gasteiger partial charge on any atom is 0.323 e. The van der Waals surface area contributed by atoms with Gasteiger partial charge in [0.2, 0.25) is 5.91 Å². The van der Waals surface area contributed by atoms with E-state index in [1.165, 1.54) is 4.90 Å². The molecule has 0 spiro atoms. The van der Waals surface area contributed by atoms with E-state index in [9.17, 15) is 9.59 Å². The van der Waals surface area contributed by atoms with Gasteiger partial charge >= 0.3 is 5.97 Å². The third kappa shape index (κ3) is 6.43. The summed E-state index contributed by atoms with van der Waals surface area (Å²) in [5.41, 5.74) is 0. The number of hydrogen-bond donors (Lipinski definition) is 2. The number of amides is 1. The molecule has 1 aliphatic rings. The van der Waals surface area contributed by atoms with Crippen LogP contribution in [0.4, 0.5) is 0 Å². The quantitative estimate of drug-likeness (QED) is 0.685. The van der Waals surface area contributed by atoms with Crippen molar-refractivity contribution in [3.8, 4) is 0 Å². The van der Waals surface area contributed by atoms with Gasteiger partial charge in [-0.1, -0.05) is 45.1 Å². The summed E-state index contributed by atoms with van der Waals surface area (Å²) in [6.45, 7) is 6.33. The van der Waals surface area contributed by atoms with Crippen molar-refractivity contribution in [3.05, 3.63) is 24.3 Å². The summed E-state index contributed by atoms with van der Waals surface area (Å²) in [5.74, 6) is -0.718. The standard InChI is InChI=1S/C17H28N2O3/c1-4-10-19(12-16(20)21)17(22)15(11-13(2)3)18-14-8-6-5-7-9-14/h5-8,13-15,18H,4,9-12H2,1-3H3,(H,20,21). The van der Waals surface area contributed by atoms with Gasteiger partial charge in [0.25, 0.3) is 0 Å². The molecule has 0 bridgehead atoms. The average molecular weight is 308 g/mol. The predicted molar refractivity (Wildman–Crippen MR) is 87.6 cm³/mol. The number of carbonyl (C=O) groups excluding carboxylic acids is 1. The third-order valence-electron chi connectivity index (χ3n) is 3.53. The molecular weight excluding hydrogens is 280 g/mol. The van der Waals surface area contributed by atoms with Gasteiger partial charge in [0, 0.05) is 12.6 Å². The van der Waals surface area contributed by atoms with Crippen LogP contribution in [0.3, 0.4) is 0 Å². The van der Waals surface area contributed by atoms with Gasteiger partial charge in [-0.2, -0.15) is 0 Å². The lowest BCUT2D eigenvalue weighted by Gasteiger charge is -2.30. The predicted octanol–water partition coefficient (Wildman–Crippen LogP) is 2.20. The Morgan fingerprint density at radius 1 is 1.36 bits per heavy atom. The Labute approximate surface area is 133 Å². The van der Waals surface area contributed by atoms with E-state index in [-0.39, 0.29) is 24.5 Å². The van der Waals surface area contributed by atoms with Crippen molar-refractivity contribution in [2.45, 2.75) is 52.1 Å². The van der Waals surface area contributed by atoms with Crippen molar-refractivity contribution in [2.75, 3.05) is 13.1 Å². The average Bonchev–Trinajstić information content (AvgIpc) is 2.45. The molecule has 22 heavy (non-hydrogen) atoms. The molecule has 124 valence electrons. The number of hydrogen-bond acceptors (Lipinski definition) is 3. The van der Waals surface area contributed by atoms with Crippen LogP contribution in [0.25, 0.3) is 0 Å². The van der Waals surface area contributed by atoms with Gasteiger partial charge in [0.15, 0.2) is 0 Å². The molecule has 5 nitrogen and oxygen atoms in total. The van der Waals surface area contributed by atoms with E-state index >= 15 is 0 Å². The fourth-order valence-corrected chi connectivity index (χ4v) is 2.59. The molecule has 1 amide bonds. The van der Waals surface area contributed by atoms with Crippen molar-refractivity contribution < 1.29 is 14.7 Å². The van der Waals surface area contributed by atoms with E-state index in [2.05, 4.69) is 25.2 Å². The molecule has 2 unspecified atom stereocenters. The van der Waals surface area contributed by atoms with Crippen molar-refractivity contribution in [2.24, 2.45) is 5.92 Å². The molecule has 0 aromatic carbocycles. The number of carboxylic acids is 1. The number of rotatable bonds is 9. The molecule has 5 heteroatoms. The van der Waals surface area contributed by atoms with Crippen molar-refractivity contribution in [1.29, 1.82) is 0 Å². The smallest absolute Gasteiger partial charge is 0.323 e. The highest BCUT2D eigenvalue weighted by atomic mass is 16.4. The zero-order valence-electron chi connectivity index (χ0n) is 13.8. The van der Waals surface area contributed by atoms with E-state index < -0.39 is 5.97 Å². The van der Waals surface area contributed by atoms with Crippen LogP contribution < -0.4 is 5.32 Å². The zero-order chi connectivity index (χ0) is 16.5. The van der Waals surface area contributed by atoms with Gasteiger partial charge in [-0.05, 0) is 25.2 Å². The summed E-state index contributed by atoms with van der Waals surface area (Å²) in [6.07, 6.45) is 10.4. The minimum Gasteiger partial charge on any atom is -0.480 e. The molecule has 1 aliphatic carbocycles. The van der Waals surface area contributed by atoms with Gasteiger partial charge in [-0.3, -0.25) is 14.9 Å². The van der Waals surface area contributed by atoms with Crippen LogP contribution in [-0.4, -0.2) is 47.1 Å². The number of carboxylic acid groups (broad SMARTS) is 1. The molecule has 0 radical (unpaired) electrons. The summed E-state index contributed by atoms with van der Waals surface area (Å²) < 4.78 is 0. The molecule has 2 atom stereocenters. The van der Waals surface area contributed by atoms with Crippen LogP contribution in [0.2, 0.25) is 0 Å². The summed E-state index contributed by atoms with van der Waals surface area (Å²) in [4.78, 5) is 25.2. The highest BCUT2D eigenvalue weighted by Crippen LogP contribution is 2.12. The van der Waals surface area contributed by atoms with Crippen LogP contribution in [-0.2, 0) is 9.59 Å². The first kappa shape index (κ1) is 18.4. The number of nitrogens with zero attached hydrogens (tertiary/aromatic N) is 1. The molecule has 0 aliphatic heterocycles. The van der Waals surface area contributed by atoms with E-state index in [4.69, 9.17) is 5.11 Å². The second-order valence-electron chi connectivity index (χ2n) is 6.16. The molecule has 0 saturated carbocycles. The fourth-order valence-electron chi connectivity index (χ4n) is 2.59. The van der Waals surface area contributed by atoms with Gasteiger partial charge in [-0.25, -0.2) is 0 Å². The lowest BCUT2D eigenvalue weighted by atomic mass is 10.00. The van der Waals surface area contributed by atoms with E-state index in [1.807, 2.05) is 25.2 Å². The Balaban J connectivity index is 2.78. The van der Waals surface area contributed by atoms with Gasteiger partial charge in [-0.15, -0.1) is 0 Å². The third-order valence-corrected chi connectivity index (χ3v) is 3.53. The van der Waals surface area contributed by atoms with Crippen LogP contribution >= 0.6 is 0 Å². The topological polar surface area (TPSA) is 69.6 Å². The monoisotopic (exact) mass is 308 g/mol. The maximum atomic E-state index is 12.7. The lowest BCUT2D eigenvalue weighted by molar-refractivity contribution is -0.145. The van der Waals surface area contributed by atoms with E-state index in [0.29, 0.717) is 18.9 Å². The fraction of sp³-hybridized carbons (Fsp3) is 0.647. The highest BCUT2D eigenvalue weighted by molar-refractivity contribution is 5.85. The van der Waals surface area contributed by atoms with Crippen molar-refractivity contribution >= 4 is 11.9 Å². The second-order valence-corrected chi connectivity index (χ2v) is 6.16. The first-order valence-corrected chi connectivity index (χ1v) is 8.04. The molecule has 2 N–H and O–H groups in total. The normalized spacial score (nSPS) is 18.5. The van der Waals surface area contributed by atoms with E-state index in [0.717, 1.165) is 12.8 Å². The number of aliphatic carboxylic acids is 1. The number of allylic oxidation sites excluding steroid dienone is 2. The van der Waals surface area contributed by atoms with Gasteiger partial charge < -0.3 is 10.0 Å². The molecule has 0 aromatic heterocycles. The Hall–Kier alpha value is -1.62. The molecule has 1 rings (SSSR count). The Morgan fingerprint density at radius 2 is 2.09 bits per heavy atom. The molecule has 0 heterocycles. The lowest BCUT2D eigenvalue weighted by Crippen LogP contribution is -2.51. The SMILES string of the molecule is CCCN(CC(=O)O)C(=O)C(CC(C)C)NC1C=CC=CC1.